The number of benzene rings is 2. The minimum absolute atomic E-state index is 0.121. The summed E-state index contributed by atoms with van der Waals surface area (Å²) in [7, 11) is 0. The lowest BCUT2D eigenvalue weighted by atomic mass is 10.0. The standard InChI is InChI=1S/C18H19BrN4O/c1-12-5-7-14(8-6-12)16-10-17(22-21-16)18(24)23-20-11-13-3-2-4-15(19)9-13/h2-9,11,16-17,21-22H,10H2,1H3,(H,23,24)/b20-11+. The second-order valence-electron chi connectivity index (χ2n) is 5.83. The number of hydrazine groups is 1. The molecule has 1 amide bonds. The Morgan fingerprint density at radius 1 is 1.25 bits per heavy atom. The van der Waals surface area contributed by atoms with Crippen molar-refractivity contribution in [3.8, 4) is 0 Å². The fraction of sp³-hybridized carbons (Fsp3) is 0.222. The van der Waals surface area contributed by atoms with Crippen LogP contribution in [0.2, 0.25) is 0 Å². The van der Waals surface area contributed by atoms with Gasteiger partial charge in [0.05, 0.1) is 6.21 Å². The van der Waals surface area contributed by atoms with Gasteiger partial charge in [0.2, 0.25) is 0 Å². The molecule has 2 atom stereocenters. The number of hydrogen-bond acceptors (Lipinski definition) is 4. The van der Waals surface area contributed by atoms with E-state index in [1.807, 2.05) is 24.3 Å². The van der Waals surface area contributed by atoms with Crippen LogP contribution in [0, 0.1) is 6.92 Å². The first-order valence-electron chi connectivity index (χ1n) is 7.78. The third-order valence-corrected chi connectivity index (χ3v) is 4.43. The molecule has 1 heterocycles. The van der Waals surface area contributed by atoms with Crippen molar-refractivity contribution in [1.82, 2.24) is 16.3 Å². The van der Waals surface area contributed by atoms with Gasteiger partial charge in [0.1, 0.15) is 6.04 Å². The van der Waals surface area contributed by atoms with Gasteiger partial charge in [0.15, 0.2) is 0 Å². The Morgan fingerprint density at radius 2 is 2.04 bits per heavy atom. The van der Waals surface area contributed by atoms with Crippen LogP contribution >= 0.6 is 15.9 Å². The van der Waals surface area contributed by atoms with E-state index in [9.17, 15) is 4.79 Å². The molecule has 24 heavy (non-hydrogen) atoms. The molecule has 2 aromatic rings. The lowest BCUT2D eigenvalue weighted by Crippen LogP contribution is -2.41. The molecular weight excluding hydrogens is 368 g/mol. The number of nitrogens with zero attached hydrogens (tertiary/aromatic N) is 1. The van der Waals surface area contributed by atoms with Gasteiger partial charge in [-0.25, -0.2) is 16.3 Å². The number of hydrogen-bond donors (Lipinski definition) is 3. The van der Waals surface area contributed by atoms with E-state index in [1.165, 1.54) is 11.1 Å². The van der Waals surface area contributed by atoms with Crippen LogP contribution in [0.25, 0.3) is 0 Å². The molecule has 0 saturated carbocycles. The molecule has 1 saturated heterocycles. The van der Waals surface area contributed by atoms with Gasteiger partial charge in [0, 0.05) is 10.5 Å². The topological polar surface area (TPSA) is 65.5 Å². The molecule has 124 valence electrons. The minimum atomic E-state index is -0.309. The zero-order valence-electron chi connectivity index (χ0n) is 13.3. The molecule has 0 spiro atoms. The highest BCUT2D eigenvalue weighted by atomic mass is 79.9. The van der Waals surface area contributed by atoms with E-state index in [1.54, 1.807) is 6.21 Å². The lowest BCUT2D eigenvalue weighted by molar-refractivity contribution is -0.122. The fourth-order valence-electron chi connectivity index (χ4n) is 2.58. The highest BCUT2D eigenvalue weighted by Gasteiger charge is 2.29. The molecule has 5 nitrogen and oxygen atoms in total. The van der Waals surface area contributed by atoms with Crippen LogP contribution in [0.3, 0.4) is 0 Å². The minimum Gasteiger partial charge on any atom is -0.271 e. The highest BCUT2D eigenvalue weighted by Crippen LogP contribution is 2.22. The van der Waals surface area contributed by atoms with Gasteiger partial charge in [-0.1, -0.05) is 57.9 Å². The molecule has 0 radical (unpaired) electrons. The maximum atomic E-state index is 12.2. The van der Waals surface area contributed by atoms with E-state index < -0.39 is 0 Å². The van der Waals surface area contributed by atoms with Crippen molar-refractivity contribution in [3.05, 3.63) is 69.7 Å². The fourth-order valence-corrected chi connectivity index (χ4v) is 3.00. The van der Waals surface area contributed by atoms with Crippen molar-refractivity contribution >= 4 is 28.1 Å². The van der Waals surface area contributed by atoms with Crippen molar-refractivity contribution in [2.45, 2.75) is 25.4 Å². The van der Waals surface area contributed by atoms with E-state index in [-0.39, 0.29) is 18.0 Å². The smallest absolute Gasteiger partial charge is 0.258 e. The molecule has 6 heteroatoms. The van der Waals surface area contributed by atoms with Gasteiger partial charge in [-0.15, -0.1) is 0 Å². The third kappa shape index (κ3) is 4.29. The molecule has 3 N–H and O–H groups in total. The Morgan fingerprint density at radius 3 is 2.79 bits per heavy atom. The summed E-state index contributed by atoms with van der Waals surface area (Å²) < 4.78 is 0.973. The number of hydrazone groups is 1. The van der Waals surface area contributed by atoms with Gasteiger partial charge >= 0.3 is 0 Å². The lowest BCUT2D eigenvalue weighted by Gasteiger charge is -2.09. The summed E-state index contributed by atoms with van der Waals surface area (Å²) in [5.41, 5.74) is 12.1. The molecule has 1 fully saturated rings. The predicted molar refractivity (Wildman–Crippen MR) is 98.5 cm³/mol. The van der Waals surface area contributed by atoms with Crippen LogP contribution in [0.15, 0.2) is 58.1 Å². The average molecular weight is 387 g/mol. The van der Waals surface area contributed by atoms with E-state index in [0.29, 0.717) is 6.42 Å². The van der Waals surface area contributed by atoms with Gasteiger partial charge in [-0.2, -0.15) is 5.10 Å². The zero-order valence-corrected chi connectivity index (χ0v) is 14.9. The first-order valence-corrected chi connectivity index (χ1v) is 8.57. The van der Waals surface area contributed by atoms with E-state index in [0.717, 1.165) is 10.0 Å². The summed E-state index contributed by atoms with van der Waals surface area (Å²) in [4.78, 5) is 12.2. The summed E-state index contributed by atoms with van der Waals surface area (Å²) in [5, 5.41) is 4.02. The highest BCUT2D eigenvalue weighted by molar-refractivity contribution is 9.10. The molecule has 0 aromatic heterocycles. The van der Waals surface area contributed by atoms with Crippen LogP contribution in [0.1, 0.15) is 29.2 Å². The number of aryl methyl sites for hydroxylation is 1. The van der Waals surface area contributed by atoms with Crippen molar-refractivity contribution in [2.24, 2.45) is 5.10 Å². The quantitative estimate of drug-likeness (QED) is 0.559. The monoisotopic (exact) mass is 386 g/mol. The second kappa shape index (κ2) is 7.70. The van der Waals surface area contributed by atoms with Crippen LogP contribution in [0.5, 0.6) is 0 Å². The van der Waals surface area contributed by atoms with Gasteiger partial charge in [-0.05, 0) is 36.6 Å². The average Bonchev–Trinajstić information content (AvgIpc) is 3.05. The van der Waals surface area contributed by atoms with Crippen LogP contribution in [-0.2, 0) is 4.79 Å². The van der Waals surface area contributed by atoms with E-state index in [2.05, 4.69) is 68.5 Å². The Bertz CT molecular complexity index is 745. The molecule has 2 unspecified atom stereocenters. The Labute approximate surface area is 149 Å². The molecule has 1 aliphatic rings. The number of carbonyl (C=O) groups is 1. The maximum Gasteiger partial charge on any atom is 0.258 e. The van der Waals surface area contributed by atoms with Crippen molar-refractivity contribution < 1.29 is 4.79 Å². The summed E-state index contributed by atoms with van der Waals surface area (Å²) in [5.74, 6) is -0.150. The molecule has 0 aliphatic carbocycles. The molecule has 3 rings (SSSR count). The first kappa shape index (κ1) is 16.8. The van der Waals surface area contributed by atoms with Crippen LogP contribution in [-0.4, -0.2) is 18.2 Å². The number of halogens is 1. The van der Waals surface area contributed by atoms with Crippen molar-refractivity contribution in [2.75, 3.05) is 0 Å². The summed E-state index contributed by atoms with van der Waals surface area (Å²) in [6, 6.07) is 15.8. The van der Waals surface area contributed by atoms with E-state index in [4.69, 9.17) is 0 Å². The second-order valence-corrected chi connectivity index (χ2v) is 6.75. The summed E-state index contributed by atoms with van der Waals surface area (Å²) in [6.45, 7) is 2.06. The molecule has 0 bridgehead atoms. The number of rotatable bonds is 4. The number of nitrogens with one attached hydrogen (secondary N) is 3. The molecular formula is C18H19BrN4O. The van der Waals surface area contributed by atoms with Crippen LogP contribution in [0.4, 0.5) is 0 Å². The molecule has 1 aliphatic heterocycles. The Balaban J connectivity index is 1.54. The third-order valence-electron chi connectivity index (χ3n) is 3.94. The first-order chi connectivity index (χ1) is 11.6. The Hall–Kier alpha value is -2.02. The SMILES string of the molecule is Cc1ccc(C2CC(C(=O)N/N=C/c3cccc(Br)c3)NN2)cc1. The zero-order chi connectivity index (χ0) is 16.9. The normalized spacial score (nSPS) is 20.4. The largest absolute Gasteiger partial charge is 0.271 e. The van der Waals surface area contributed by atoms with Crippen molar-refractivity contribution in [3.63, 3.8) is 0 Å². The van der Waals surface area contributed by atoms with Gasteiger partial charge < -0.3 is 0 Å². The van der Waals surface area contributed by atoms with Crippen molar-refractivity contribution in [1.29, 1.82) is 0 Å². The Kier molecular flexibility index (Phi) is 5.40. The predicted octanol–water partition coefficient (Wildman–Crippen LogP) is 2.82. The number of carbonyl (C=O) groups excluding carboxylic acids is 1. The van der Waals surface area contributed by atoms with Gasteiger partial charge in [0.25, 0.3) is 5.91 Å². The maximum absolute atomic E-state index is 12.2. The molecule has 2 aromatic carbocycles. The van der Waals surface area contributed by atoms with Gasteiger partial charge in [-0.3, -0.25) is 4.79 Å². The number of amides is 1. The van der Waals surface area contributed by atoms with E-state index >= 15 is 0 Å². The summed E-state index contributed by atoms with van der Waals surface area (Å²) >= 11 is 3.40. The summed E-state index contributed by atoms with van der Waals surface area (Å²) in [6.07, 6.45) is 2.31. The van der Waals surface area contributed by atoms with Crippen LogP contribution < -0.4 is 16.3 Å².